The molecular formula is C15H24BrNO2. The summed E-state index contributed by atoms with van der Waals surface area (Å²) in [7, 11) is 1.72. The molecule has 1 N–H and O–H groups in total. The Bertz CT molecular complexity index is 380. The van der Waals surface area contributed by atoms with Gasteiger partial charge >= 0.3 is 0 Å². The van der Waals surface area contributed by atoms with Gasteiger partial charge in [-0.3, -0.25) is 4.90 Å². The van der Waals surface area contributed by atoms with E-state index in [4.69, 9.17) is 4.74 Å². The van der Waals surface area contributed by atoms with Gasteiger partial charge in [-0.05, 0) is 34.8 Å². The van der Waals surface area contributed by atoms with Gasteiger partial charge in [-0.2, -0.15) is 0 Å². The van der Waals surface area contributed by atoms with Crippen molar-refractivity contribution in [2.75, 3.05) is 20.3 Å². The van der Waals surface area contributed by atoms with Crippen LogP contribution in [0.1, 0.15) is 32.3 Å². The maximum atomic E-state index is 10.1. The Balaban J connectivity index is 2.83. The first-order valence-electron chi connectivity index (χ1n) is 6.83. The van der Waals surface area contributed by atoms with Gasteiger partial charge in [0.15, 0.2) is 0 Å². The lowest BCUT2D eigenvalue weighted by Crippen LogP contribution is -2.36. The third-order valence-corrected chi connectivity index (χ3v) is 4.13. The molecule has 0 heterocycles. The molecule has 0 bridgehead atoms. The molecule has 0 radical (unpaired) electrons. The summed E-state index contributed by atoms with van der Waals surface area (Å²) in [5.41, 5.74) is 0.956. The Morgan fingerprint density at radius 2 is 2.00 bits per heavy atom. The molecule has 0 aromatic heterocycles. The predicted molar refractivity (Wildman–Crippen MR) is 82.5 cm³/mol. The number of halogens is 1. The fourth-order valence-electron chi connectivity index (χ4n) is 2.31. The van der Waals surface area contributed by atoms with Crippen LogP contribution in [-0.4, -0.2) is 36.3 Å². The minimum absolute atomic E-state index is 0.343. The van der Waals surface area contributed by atoms with Gasteiger partial charge in [-0.25, -0.2) is 0 Å². The number of phenolic OH excluding ortho intramolecular Hbond substituents is 1. The Morgan fingerprint density at radius 1 is 1.32 bits per heavy atom. The molecule has 0 saturated heterocycles. The molecule has 0 aliphatic carbocycles. The van der Waals surface area contributed by atoms with Crippen LogP contribution < -0.4 is 0 Å². The van der Waals surface area contributed by atoms with Crippen LogP contribution >= 0.6 is 15.9 Å². The average Bonchev–Trinajstić information content (AvgIpc) is 2.42. The highest BCUT2D eigenvalue weighted by atomic mass is 79.9. The summed E-state index contributed by atoms with van der Waals surface area (Å²) in [6, 6.07) is 6.31. The van der Waals surface area contributed by atoms with Crippen molar-refractivity contribution in [2.45, 2.75) is 39.3 Å². The number of methoxy groups -OCH3 is 1. The van der Waals surface area contributed by atoms with E-state index >= 15 is 0 Å². The first-order valence-corrected chi connectivity index (χ1v) is 7.62. The number of benzene rings is 1. The standard InChI is InChI=1S/C15H24BrNO2/c1-4-13(5-2)17(9-10-19-3)11-12-7-6-8-14(16)15(12)18/h6-8,13,18H,4-5,9-11H2,1-3H3. The van der Waals surface area contributed by atoms with Crippen molar-refractivity contribution in [2.24, 2.45) is 0 Å². The van der Waals surface area contributed by atoms with E-state index in [1.54, 1.807) is 7.11 Å². The molecule has 108 valence electrons. The highest BCUT2D eigenvalue weighted by Gasteiger charge is 2.17. The molecule has 0 fully saturated rings. The maximum absolute atomic E-state index is 10.1. The second-order valence-electron chi connectivity index (χ2n) is 4.68. The zero-order chi connectivity index (χ0) is 14.3. The molecule has 4 heteroatoms. The minimum atomic E-state index is 0.343. The van der Waals surface area contributed by atoms with Crippen LogP contribution in [0.15, 0.2) is 22.7 Å². The van der Waals surface area contributed by atoms with Crippen LogP contribution in [-0.2, 0) is 11.3 Å². The number of aromatic hydroxyl groups is 1. The molecule has 0 aliphatic rings. The number of nitrogens with zero attached hydrogens (tertiary/aromatic N) is 1. The van der Waals surface area contributed by atoms with Crippen LogP contribution in [0.25, 0.3) is 0 Å². The third kappa shape index (κ3) is 4.79. The zero-order valence-corrected chi connectivity index (χ0v) is 13.6. The number of para-hydroxylation sites is 1. The SMILES string of the molecule is CCC(CC)N(CCOC)Cc1cccc(Br)c1O. The molecule has 19 heavy (non-hydrogen) atoms. The molecule has 1 aromatic rings. The van der Waals surface area contributed by atoms with E-state index < -0.39 is 0 Å². The van der Waals surface area contributed by atoms with Crippen molar-refractivity contribution in [3.63, 3.8) is 0 Å². The summed E-state index contributed by atoms with van der Waals surface area (Å²) in [6.07, 6.45) is 2.21. The van der Waals surface area contributed by atoms with Crippen LogP contribution in [0, 0.1) is 0 Å². The quantitative estimate of drug-likeness (QED) is 0.787. The van der Waals surface area contributed by atoms with Crippen molar-refractivity contribution < 1.29 is 9.84 Å². The van der Waals surface area contributed by atoms with Crippen molar-refractivity contribution in [3.8, 4) is 5.75 Å². The topological polar surface area (TPSA) is 32.7 Å². The summed E-state index contributed by atoms with van der Waals surface area (Å²) in [5.74, 6) is 0.343. The van der Waals surface area contributed by atoms with Crippen molar-refractivity contribution >= 4 is 15.9 Å². The first kappa shape index (κ1) is 16.5. The summed E-state index contributed by atoms with van der Waals surface area (Å²) >= 11 is 3.37. The normalized spacial score (nSPS) is 11.5. The molecule has 0 aliphatic heterocycles. The fourth-order valence-corrected chi connectivity index (χ4v) is 2.72. The van der Waals surface area contributed by atoms with Crippen LogP contribution in [0.5, 0.6) is 5.75 Å². The lowest BCUT2D eigenvalue weighted by Gasteiger charge is -2.30. The minimum Gasteiger partial charge on any atom is -0.506 e. The summed E-state index contributed by atoms with van der Waals surface area (Å²) in [5, 5.41) is 10.1. The molecule has 1 aromatic carbocycles. The van der Waals surface area contributed by atoms with Crippen LogP contribution in [0.2, 0.25) is 0 Å². The van der Waals surface area contributed by atoms with E-state index in [2.05, 4.69) is 34.7 Å². The second kappa shape index (κ2) is 8.56. The third-order valence-electron chi connectivity index (χ3n) is 3.49. The fraction of sp³-hybridized carbons (Fsp3) is 0.600. The molecule has 0 saturated carbocycles. The predicted octanol–water partition coefficient (Wildman–Crippen LogP) is 3.79. The lowest BCUT2D eigenvalue weighted by atomic mass is 10.1. The van der Waals surface area contributed by atoms with Gasteiger partial charge in [0.05, 0.1) is 11.1 Å². The first-order chi connectivity index (χ1) is 9.13. The Kier molecular flexibility index (Phi) is 7.42. The monoisotopic (exact) mass is 329 g/mol. The van der Waals surface area contributed by atoms with Crippen LogP contribution in [0.3, 0.4) is 0 Å². The van der Waals surface area contributed by atoms with E-state index in [1.807, 2.05) is 18.2 Å². The number of rotatable bonds is 8. The van der Waals surface area contributed by atoms with E-state index in [9.17, 15) is 5.11 Å². The Labute approximate surface area is 124 Å². The van der Waals surface area contributed by atoms with E-state index in [1.165, 1.54) is 0 Å². The number of hydrogen-bond acceptors (Lipinski definition) is 3. The second-order valence-corrected chi connectivity index (χ2v) is 5.54. The van der Waals surface area contributed by atoms with Crippen LogP contribution in [0.4, 0.5) is 0 Å². The van der Waals surface area contributed by atoms with Gasteiger partial charge in [0.25, 0.3) is 0 Å². The van der Waals surface area contributed by atoms with Crippen molar-refractivity contribution in [3.05, 3.63) is 28.2 Å². The smallest absolute Gasteiger partial charge is 0.134 e. The molecule has 0 spiro atoms. The maximum Gasteiger partial charge on any atom is 0.134 e. The molecule has 3 nitrogen and oxygen atoms in total. The summed E-state index contributed by atoms with van der Waals surface area (Å²) in [4.78, 5) is 2.38. The summed E-state index contributed by atoms with van der Waals surface area (Å²) < 4.78 is 5.94. The Hall–Kier alpha value is -0.580. The number of ether oxygens (including phenoxy) is 1. The van der Waals surface area contributed by atoms with Gasteiger partial charge in [0.2, 0.25) is 0 Å². The van der Waals surface area contributed by atoms with Gasteiger partial charge < -0.3 is 9.84 Å². The molecule has 0 amide bonds. The van der Waals surface area contributed by atoms with Gasteiger partial charge in [0.1, 0.15) is 5.75 Å². The average molecular weight is 330 g/mol. The van der Waals surface area contributed by atoms with Crippen molar-refractivity contribution in [1.29, 1.82) is 0 Å². The highest BCUT2D eigenvalue weighted by Crippen LogP contribution is 2.29. The molecule has 0 unspecified atom stereocenters. The zero-order valence-electron chi connectivity index (χ0n) is 12.0. The summed E-state index contributed by atoms with van der Waals surface area (Å²) in [6.45, 7) is 6.75. The number of hydrogen-bond donors (Lipinski definition) is 1. The molecular weight excluding hydrogens is 306 g/mol. The van der Waals surface area contributed by atoms with Gasteiger partial charge in [-0.15, -0.1) is 0 Å². The van der Waals surface area contributed by atoms with Gasteiger partial charge in [0, 0.05) is 31.8 Å². The van der Waals surface area contributed by atoms with Gasteiger partial charge in [-0.1, -0.05) is 26.0 Å². The lowest BCUT2D eigenvalue weighted by molar-refractivity contribution is 0.109. The van der Waals surface area contributed by atoms with Crippen molar-refractivity contribution in [1.82, 2.24) is 4.90 Å². The highest BCUT2D eigenvalue weighted by molar-refractivity contribution is 9.10. The largest absolute Gasteiger partial charge is 0.506 e. The van der Waals surface area contributed by atoms with E-state index in [-0.39, 0.29) is 0 Å². The number of phenols is 1. The van der Waals surface area contributed by atoms with E-state index in [0.717, 1.165) is 36.0 Å². The molecule has 0 atom stereocenters. The Morgan fingerprint density at radius 3 is 2.58 bits per heavy atom. The molecule has 1 rings (SSSR count). The van der Waals surface area contributed by atoms with E-state index in [0.29, 0.717) is 18.4 Å².